The maximum Gasteiger partial charge on any atom is 0.0575 e. The van der Waals surface area contributed by atoms with Crippen LogP contribution in [-0.4, -0.2) is 24.4 Å². The number of ether oxygens (including phenoxy) is 1. The SMILES string of the molecule is CC(CO)CC(N)c1ccc2c(CCCCOC3CCCCC3)csc2c1. The van der Waals surface area contributed by atoms with Crippen molar-refractivity contribution in [3.63, 3.8) is 0 Å². The quantitative estimate of drug-likeness (QED) is 0.521. The Balaban J connectivity index is 1.47. The second kappa shape index (κ2) is 10.6. The molecule has 2 unspecified atom stereocenters. The molecular weight excluding hydrogens is 354 g/mol. The first-order chi connectivity index (χ1) is 13.2. The van der Waals surface area contributed by atoms with Crippen LogP contribution in [0.4, 0.5) is 0 Å². The largest absolute Gasteiger partial charge is 0.396 e. The van der Waals surface area contributed by atoms with Gasteiger partial charge < -0.3 is 15.6 Å². The number of hydrogen-bond donors (Lipinski definition) is 2. The third-order valence-corrected chi connectivity index (χ3v) is 6.82. The zero-order chi connectivity index (χ0) is 19.1. The van der Waals surface area contributed by atoms with E-state index in [9.17, 15) is 5.11 Å². The van der Waals surface area contributed by atoms with Crippen LogP contribution in [0.5, 0.6) is 0 Å². The van der Waals surface area contributed by atoms with Crippen molar-refractivity contribution in [3.8, 4) is 0 Å². The van der Waals surface area contributed by atoms with E-state index in [0.29, 0.717) is 6.10 Å². The molecule has 27 heavy (non-hydrogen) atoms. The number of aliphatic hydroxyl groups is 1. The summed E-state index contributed by atoms with van der Waals surface area (Å²) in [5, 5.41) is 12.9. The maximum absolute atomic E-state index is 9.24. The summed E-state index contributed by atoms with van der Waals surface area (Å²) in [6.45, 7) is 3.15. The van der Waals surface area contributed by atoms with Gasteiger partial charge in [0.05, 0.1) is 6.10 Å². The molecule has 2 atom stereocenters. The molecule has 0 aliphatic heterocycles. The first kappa shape index (κ1) is 20.8. The minimum Gasteiger partial charge on any atom is -0.396 e. The average Bonchev–Trinajstić information content (AvgIpc) is 3.10. The maximum atomic E-state index is 9.24. The van der Waals surface area contributed by atoms with Gasteiger partial charge in [-0.2, -0.15) is 0 Å². The van der Waals surface area contributed by atoms with Gasteiger partial charge in [-0.25, -0.2) is 0 Å². The third kappa shape index (κ3) is 6.02. The number of fused-ring (bicyclic) bond motifs is 1. The van der Waals surface area contributed by atoms with Gasteiger partial charge in [0.1, 0.15) is 0 Å². The highest BCUT2D eigenvalue weighted by molar-refractivity contribution is 7.17. The van der Waals surface area contributed by atoms with Crippen molar-refractivity contribution in [2.45, 2.75) is 76.9 Å². The molecule has 0 bridgehead atoms. The molecule has 4 heteroatoms. The van der Waals surface area contributed by atoms with Crippen molar-refractivity contribution >= 4 is 21.4 Å². The van der Waals surface area contributed by atoms with Crippen LogP contribution in [0.15, 0.2) is 23.6 Å². The highest BCUT2D eigenvalue weighted by Crippen LogP contribution is 2.31. The molecule has 1 aliphatic rings. The van der Waals surface area contributed by atoms with E-state index in [1.54, 1.807) is 0 Å². The molecule has 3 rings (SSSR count). The van der Waals surface area contributed by atoms with Gasteiger partial charge in [0.25, 0.3) is 0 Å². The molecule has 1 fully saturated rings. The predicted molar refractivity (Wildman–Crippen MR) is 115 cm³/mol. The van der Waals surface area contributed by atoms with E-state index in [1.165, 1.54) is 59.7 Å². The lowest BCUT2D eigenvalue weighted by Crippen LogP contribution is -2.17. The number of rotatable bonds is 10. The van der Waals surface area contributed by atoms with Gasteiger partial charge in [0, 0.05) is 24.0 Å². The monoisotopic (exact) mass is 389 g/mol. The fourth-order valence-corrected chi connectivity index (χ4v) is 5.11. The van der Waals surface area contributed by atoms with Gasteiger partial charge in [0.15, 0.2) is 0 Å². The van der Waals surface area contributed by atoms with Crippen molar-refractivity contribution in [3.05, 3.63) is 34.7 Å². The highest BCUT2D eigenvalue weighted by Gasteiger charge is 2.14. The molecule has 3 N–H and O–H groups in total. The molecule has 0 radical (unpaired) electrons. The number of aliphatic hydroxyl groups excluding tert-OH is 1. The van der Waals surface area contributed by atoms with Gasteiger partial charge in [-0.3, -0.25) is 0 Å². The number of unbranched alkanes of at least 4 members (excludes halogenated alkanes) is 1. The number of aryl methyl sites for hydroxylation is 1. The van der Waals surface area contributed by atoms with Gasteiger partial charge >= 0.3 is 0 Å². The number of hydrogen-bond acceptors (Lipinski definition) is 4. The highest BCUT2D eigenvalue weighted by atomic mass is 32.1. The van der Waals surface area contributed by atoms with E-state index >= 15 is 0 Å². The summed E-state index contributed by atoms with van der Waals surface area (Å²) in [5.74, 6) is 0.241. The van der Waals surface area contributed by atoms with Gasteiger partial charge in [0.2, 0.25) is 0 Å². The van der Waals surface area contributed by atoms with Crippen LogP contribution >= 0.6 is 11.3 Å². The number of nitrogens with two attached hydrogens (primary N) is 1. The Kier molecular flexibility index (Phi) is 8.13. The van der Waals surface area contributed by atoms with E-state index in [0.717, 1.165) is 25.9 Å². The predicted octanol–water partition coefficient (Wildman–Crippen LogP) is 5.59. The summed E-state index contributed by atoms with van der Waals surface area (Å²) in [4.78, 5) is 0. The minimum absolute atomic E-state index is 0.000893. The first-order valence-electron chi connectivity index (χ1n) is 10.7. The second-order valence-electron chi connectivity index (χ2n) is 8.23. The molecule has 1 heterocycles. The van der Waals surface area contributed by atoms with E-state index in [-0.39, 0.29) is 18.6 Å². The van der Waals surface area contributed by atoms with Gasteiger partial charge in [-0.1, -0.05) is 38.3 Å². The van der Waals surface area contributed by atoms with Crippen molar-refractivity contribution in [1.82, 2.24) is 0 Å². The Morgan fingerprint density at radius 1 is 1.22 bits per heavy atom. The molecule has 0 spiro atoms. The summed E-state index contributed by atoms with van der Waals surface area (Å²) in [7, 11) is 0. The summed E-state index contributed by atoms with van der Waals surface area (Å²) in [6, 6.07) is 6.64. The van der Waals surface area contributed by atoms with Crippen LogP contribution in [0, 0.1) is 5.92 Å². The normalized spacial score (nSPS) is 18.0. The topological polar surface area (TPSA) is 55.5 Å². The molecule has 2 aromatic rings. The minimum atomic E-state index is -0.000893. The standard InChI is InChI=1S/C23H35NO2S/c1-17(15-25)13-22(24)18-10-11-21-19(16-27-23(21)14-18)7-5-6-12-26-20-8-3-2-4-9-20/h10-11,14,16-17,20,22,25H,2-9,12-13,15,24H2,1H3. The Labute approximate surface area is 167 Å². The van der Waals surface area contributed by atoms with Crippen LogP contribution in [0.2, 0.25) is 0 Å². The molecular formula is C23H35NO2S. The third-order valence-electron chi connectivity index (χ3n) is 5.82. The van der Waals surface area contributed by atoms with Crippen LogP contribution in [-0.2, 0) is 11.2 Å². The van der Waals surface area contributed by atoms with E-state index in [4.69, 9.17) is 10.5 Å². The Morgan fingerprint density at radius 3 is 2.81 bits per heavy atom. The average molecular weight is 390 g/mol. The van der Waals surface area contributed by atoms with E-state index in [2.05, 4.69) is 23.6 Å². The Bertz CT molecular complexity index is 693. The summed E-state index contributed by atoms with van der Waals surface area (Å²) in [6.07, 6.45) is 11.4. The zero-order valence-electron chi connectivity index (χ0n) is 16.7. The van der Waals surface area contributed by atoms with E-state index < -0.39 is 0 Å². The fourth-order valence-electron chi connectivity index (χ4n) is 4.07. The summed E-state index contributed by atoms with van der Waals surface area (Å²) >= 11 is 1.82. The van der Waals surface area contributed by atoms with E-state index in [1.807, 2.05) is 18.3 Å². The lowest BCUT2D eigenvalue weighted by atomic mass is 9.96. The molecule has 1 aromatic heterocycles. The Morgan fingerprint density at radius 2 is 2.04 bits per heavy atom. The Hall–Kier alpha value is -0.940. The lowest BCUT2D eigenvalue weighted by Gasteiger charge is -2.21. The van der Waals surface area contributed by atoms with Crippen molar-refractivity contribution in [1.29, 1.82) is 0 Å². The van der Waals surface area contributed by atoms with Crippen LogP contribution in [0.3, 0.4) is 0 Å². The molecule has 150 valence electrons. The van der Waals surface area contributed by atoms with Crippen molar-refractivity contribution in [2.75, 3.05) is 13.2 Å². The van der Waals surface area contributed by atoms with Crippen LogP contribution < -0.4 is 5.73 Å². The summed E-state index contributed by atoms with van der Waals surface area (Å²) < 4.78 is 7.37. The zero-order valence-corrected chi connectivity index (χ0v) is 17.5. The lowest BCUT2D eigenvalue weighted by molar-refractivity contribution is 0.0265. The molecule has 0 amide bonds. The first-order valence-corrected chi connectivity index (χ1v) is 11.5. The summed E-state index contributed by atoms with van der Waals surface area (Å²) in [5.41, 5.74) is 8.96. The van der Waals surface area contributed by atoms with Gasteiger partial charge in [-0.05, 0) is 72.4 Å². The molecule has 3 nitrogen and oxygen atoms in total. The molecule has 0 saturated heterocycles. The van der Waals surface area contributed by atoms with Gasteiger partial charge in [-0.15, -0.1) is 11.3 Å². The smallest absolute Gasteiger partial charge is 0.0575 e. The molecule has 1 aliphatic carbocycles. The van der Waals surface area contributed by atoms with Crippen LogP contribution in [0.1, 0.15) is 75.5 Å². The second-order valence-corrected chi connectivity index (χ2v) is 9.15. The number of benzene rings is 1. The van der Waals surface area contributed by atoms with Crippen molar-refractivity contribution in [2.24, 2.45) is 11.7 Å². The fraction of sp³-hybridized carbons (Fsp3) is 0.652. The number of thiophene rings is 1. The molecule has 1 saturated carbocycles. The van der Waals surface area contributed by atoms with Crippen molar-refractivity contribution < 1.29 is 9.84 Å². The van der Waals surface area contributed by atoms with Crippen LogP contribution in [0.25, 0.3) is 10.1 Å². The molecule has 1 aromatic carbocycles.